The topological polar surface area (TPSA) is 33.8 Å². The van der Waals surface area contributed by atoms with E-state index in [4.69, 9.17) is 16.0 Å². The summed E-state index contributed by atoms with van der Waals surface area (Å²) in [5, 5.41) is 2.15. The fourth-order valence-electron chi connectivity index (χ4n) is 10.3. The molecule has 2 aliphatic heterocycles. The second-order valence-electron chi connectivity index (χ2n) is 19.1. The van der Waals surface area contributed by atoms with Crippen molar-refractivity contribution in [2.45, 2.75) is 125 Å². The molecule has 0 N–H and O–H groups in total. The molecule has 3 aromatic carbocycles. The first-order chi connectivity index (χ1) is 27.6. The van der Waals surface area contributed by atoms with Gasteiger partial charge in [-0.15, -0.1) is 0 Å². The van der Waals surface area contributed by atoms with Gasteiger partial charge in [-0.1, -0.05) is 96.5 Å². The van der Waals surface area contributed by atoms with E-state index >= 15 is 0 Å². The maximum Gasteiger partial charge on any atom is 0.227 e. The van der Waals surface area contributed by atoms with Gasteiger partial charge in [0.2, 0.25) is 17.1 Å². The van der Waals surface area contributed by atoms with E-state index in [-0.39, 0.29) is 17.4 Å². The highest BCUT2D eigenvalue weighted by atomic mass is 16.3. The number of fused-ring (bicyclic) bond motifs is 13. The number of hydrogen-bond donors (Lipinski definition) is 0. The Kier molecular flexibility index (Phi) is 9.15. The van der Waals surface area contributed by atoms with Crippen molar-refractivity contribution in [2.24, 2.45) is 0 Å². The summed E-state index contributed by atoms with van der Waals surface area (Å²) in [6.45, 7) is 30.0. The van der Waals surface area contributed by atoms with Crippen LogP contribution in [-0.4, -0.2) is 4.98 Å². The van der Waals surface area contributed by atoms with Gasteiger partial charge in [0.05, 0.1) is 17.2 Å². The molecule has 0 fully saturated rings. The highest BCUT2D eigenvalue weighted by molar-refractivity contribution is 6.09. The second kappa shape index (κ2) is 13.9. The Morgan fingerprint density at radius 3 is 2.19 bits per heavy atom. The van der Waals surface area contributed by atoms with Crippen molar-refractivity contribution in [1.82, 2.24) is 4.98 Å². The minimum atomic E-state index is -0.0477. The van der Waals surface area contributed by atoms with Crippen molar-refractivity contribution in [3.63, 3.8) is 0 Å². The quantitative estimate of drug-likeness (QED) is 0.168. The van der Waals surface area contributed by atoms with Gasteiger partial charge < -0.3 is 4.42 Å². The molecule has 0 amide bonds. The summed E-state index contributed by atoms with van der Waals surface area (Å²) >= 11 is 0. The molecular weight excluding hydrogens is 707 g/mol. The van der Waals surface area contributed by atoms with Gasteiger partial charge in [-0.05, 0) is 110 Å². The van der Waals surface area contributed by atoms with Gasteiger partial charge in [0.1, 0.15) is 0 Å². The fraction of sp³-hybridized carbons (Fsp3) is 0.352. The number of pyridine rings is 3. The normalized spacial score (nSPS) is 16.7. The largest absolute Gasteiger partial charge is 0.437 e. The highest BCUT2D eigenvalue weighted by Crippen LogP contribution is 2.47. The smallest absolute Gasteiger partial charge is 0.227 e. The third-order valence-corrected chi connectivity index (χ3v) is 13.4. The van der Waals surface area contributed by atoms with E-state index in [0.29, 0.717) is 17.5 Å². The Hall–Kier alpha value is -5.35. The van der Waals surface area contributed by atoms with Gasteiger partial charge in [-0.2, -0.15) is 9.13 Å². The Balaban J connectivity index is 1.30. The minimum absolute atomic E-state index is 0.0477. The number of aryl methyl sites for hydroxylation is 5. The standard InChI is InChI=1S/C54H59N3O/c1-30(2)38-14-13-15-39(31(3)4)51(38)46-22-21-42-41-20-17-37-18-23-47-44(43-24-32(5)16-19-40(43)48-25-33(6)34(7)28-57(47)48)26-36(9)56-29-35(8)45(54(10,11)12)27-49(56)50(37)52(41)58-53(42)55-46/h13-17,19-22,24-25,27-31,44,47H,9,18,23,26H2,1-8,10-12H3/q+2. The molecule has 2 unspecified atom stereocenters. The van der Waals surface area contributed by atoms with E-state index < -0.39 is 0 Å². The van der Waals surface area contributed by atoms with Crippen molar-refractivity contribution in [1.29, 1.82) is 0 Å². The summed E-state index contributed by atoms with van der Waals surface area (Å²) in [5.74, 6) is 1.01. The molecule has 0 saturated heterocycles. The number of benzene rings is 3. The molecule has 4 nitrogen and oxygen atoms in total. The average Bonchev–Trinajstić information content (AvgIpc) is 3.55. The Labute approximate surface area is 345 Å². The molecular formula is C54H59N3O+2. The van der Waals surface area contributed by atoms with Crippen LogP contribution < -0.4 is 9.13 Å². The van der Waals surface area contributed by atoms with Gasteiger partial charge in [0.25, 0.3) is 0 Å². The van der Waals surface area contributed by atoms with E-state index in [2.05, 4.69) is 170 Å². The van der Waals surface area contributed by atoms with Crippen LogP contribution in [-0.2, 0) is 11.8 Å². The zero-order valence-electron chi connectivity index (χ0n) is 36.5. The number of aromatic nitrogens is 3. The van der Waals surface area contributed by atoms with Crippen LogP contribution in [0.25, 0.3) is 61.5 Å². The lowest BCUT2D eigenvalue weighted by Crippen LogP contribution is -2.49. The number of rotatable bonds is 3. The summed E-state index contributed by atoms with van der Waals surface area (Å²) in [4.78, 5) is 5.36. The van der Waals surface area contributed by atoms with Crippen LogP contribution in [0, 0.1) is 27.7 Å². The van der Waals surface area contributed by atoms with Gasteiger partial charge in [-0.3, -0.25) is 0 Å². The first kappa shape index (κ1) is 38.2. The second-order valence-corrected chi connectivity index (χ2v) is 19.1. The van der Waals surface area contributed by atoms with Crippen LogP contribution in [0.4, 0.5) is 0 Å². The third kappa shape index (κ3) is 6.14. The molecule has 4 aromatic heterocycles. The first-order valence-electron chi connectivity index (χ1n) is 21.5. The Morgan fingerprint density at radius 2 is 1.48 bits per heavy atom. The maximum absolute atomic E-state index is 7.12. The molecule has 0 radical (unpaired) electrons. The van der Waals surface area contributed by atoms with Gasteiger partial charge >= 0.3 is 0 Å². The van der Waals surface area contributed by atoms with Crippen molar-refractivity contribution < 1.29 is 13.6 Å². The predicted molar refractivity (Wildman–Crippen MR) is 241 cm³/mol. The van der Waals surface area contributed by atoms with Gasteiger partial charge in [0.15, 0.2) is 29.7 Å². The lowest BCUT2D eigenvalue weighted by atomic mass is 9.76. The fourth-order valence-corrected chi connectivity index (χ4v) is 10.3. The van der Waals surface area contributed by atoms with Gasteiger partial charge in [0, 0.05) is 58.0 Å². The van der Waals surface area contributed by atoms with Crippen LogP contribution in [0.1, 0.15) is 135 Å². The van der Waals surface area contributed by atoms with Gasteiger partial charge in [-0.25, -0.2) is 4.98 Å². The minimum Gasteiger partial charge on any atom is -0.437 e. The van der Waals surface area contributed by atoms with Crippen LogP contribution in [0.3, 0.4) is 0 Å². The van der Waals surface area contributed by atoms with E-state index in [1.54, 1.807) is 0 Å². The molecule has 6 heterocycles. The molecule has 0 saturated carbocycles. The summed E-state index contributed by atoms with van der Waals surface area (Å²) in [6, 6.07) is 28.0. The highest BCUT2D eigenvalue weighted by Gasteiger charge is 2.43. The monoisotopic (exact) mass is 765 g/mol. The molecule has 0 spiro atoms. The zero-order chi connectivity index (χ0) is 40.9. The maximum atomic E-state index is 7.12. The van der Waals surface area contributed by atoms with E-state index in [1.807, 2.05) is 0 Å². The van der Waals surface area contributed by atoms with E-state index in [0.717, 1.165) is 58.3 Å². The van der Waals surface area contributed by atoms with E-state index in [1.165, 1.54) is 66.9 Å². The number of nitrogens with zero attached hydrogens (tertiary/aromatic N) is 3. The summed E-state index contributed by atoms with van der Waals surface area (Å²) in [7, 11) is 0. The molecule has 58 heavy (non-hydrogen) atoms. The summed E-state index contributed by atoms with van der Waals surface area (Å²) in [5.41, 5.74) is 21.8. The van der Waals surface area contributed by atoms with Crippen molar-refractivity contribution in [3.8, 4) is 33.8 Å². The lowest BCUT2D eigenvalue weighted by molar-refractivity contribution is -0.719. The van der Waals surface area contributed by atoms with Crippen LogP contribution in [0.15, 0.2) is 96.2 Å². The van der Waals surface area contributed by atoms with E-state index in [9.17, 15) is 0 Å². The van der Waals surface area contributed by atoms with Crippen LogP contribution in [0.5, 0.6) is 0 Å². The summed E-state index contributed by atoms with van der Waals surface area (Å²) < 4.78 is 12.1. The average molecular weight is 766 g/mol. The number of allylic oxidation sites excluding steroid dienone is 1. The zero-order valence-corrected chi connectivity index (χ0v) is 36.5. The molecule has 0 bridgehead atoms. The molecule has 2 aliphatic rings. The van der Waals surface area contributed by atoms with Crippen molar-refractivity contribution in [3.05, 3.63) is 142 Å². The lowest BCUT2D eigenvalue weighted by Gasteiger charge is -2.32. The molecule has 4 heteroatoms. The SMILES string of the molecule is C=C1CC2c3cc(C)ccc3-c3cc(C)c(C)c[n+]3C2CCc2ccc3c(oc4nc(-c5c(C(C)C)cccc5C(C)C)ccc43)c2-c2cc(C(C)(C)C)c(C)c[n+]21. The Morgan fingerprint density at radius 1 is 0.759 bits per heavy atom. The van der Waals surface area contributed by atoms with Crippen molar-refractivity contribution >= 4 is 27.8 Å². The molecule has 9 rings (SSSR count). The molecule has 294 valence electrons. The molecule has 2 atom stereocenters. The molecule has 7 aromatic rings. The number of hydrogen-bond acceptors (Lipinski definition) is 2. The number of furan rings is 1. The molecule has 0 aliphatic carbocycles. The summed E-state index contributed by atoms with van der Waals surface area (Å²) in [6.07, 6.45) is 7.51. The van der Waals surface area contributed by atoms with Crippen molar-refractivity contribution in [2.75, 3.05) is 0 Å². The van der Waals surface area contributed by atoms with Crippen LogP contribution >= 0.6 is 0 Å². The van der Waals surface area contributed by atoms with Crippen LogP contribution in [0.2, 0.25) is 0 Å². The predicted octanol–water partition coefficient (Wildman–Crippen LogP) is 13.5. The first-order valence-corrected chi connectivity index (χ1v) is 21.5. The Bertz CT molecular complexity index is 2800. The third-order valence-electron chi connectivity index (χ3n) is 13.4.